The molecule has 0 atom stereocenters. The minimum atomic E-state index is -0.430. The van der Waals surface area contributed by atoms with Crippen molar-refractivity contribution >= 4 is 17.3 Å². The van der Waals surface area contributed by atoms with Gasteiger partial charge in [0.15, 0.2) is 0 Å². The fourth-order valence-electron chi connectivity index (χ4n) is 2.07. The maximum atomic E-state index is 11.7. The maximum absolute atomic E-state index is 11.7. The van der Waals surface area contributed by atoms with Gasteiger partial charge in [-0.05, 0) is 24.1 Å². The average molecular weight is 313 g/mol. The normalized spacial score (nSPS) is 10.1. The zero-order valence-corrected chi connectivity index (χ0v) is 12.7. The summed E-state index contributed by atoms with van der Waals surface area (Å²) >= 11 is 0. The molecule has 6 heteroatoms. The van der Waals surface area contributed by atoms with E-state index in [4.69, 9.17) is 0 Å². The van der Waals surface area contributed by atoms with Crippen molar-refractivity contribution < 1.29 is 9.72 Å². The fraction of sp³-hybridized carbons (Fsp3) is 0.235. The van der Waals surface area contributed by atoms with Crippen LogP contribution in [0.5, 0.6) is 0 Å². The lowest BCUT2D eigenvalue weighted by Gasteiger charge is -2.07. The van der Waals surface area contributed by atoms with Crippen LogP contribution < -0.4 is 10.6 Å². The third-order valence-corrected chi connectivity index (χ3v) is 3.32. The second kappa shape index (κ2) is 8.53. The Morgan fingerprint density at radius 3 is 2.39 bits per heavy atom. The number of benzene rings is 2. The first-order valence-corrected chi connectivity index (χ1v) is 7.44. The van der Waals surface area contributed by atoms with Gasteiger partial charge >= 0.3 is 0 Å². The van der Waals surface area contributed by atoms with Crippen LogP contribution in [0.3, 0.4) is 0 Å². The summed E-state index contributed by atoms with van der Waals surface area (Å²) in [5, 5.41) is 16.6. The Hall–Kier alpha value is -2.89. The van der Waals surface area contributed by atoms with Gasteiger partial charge in [-0.15, -0.1) is 0 Å². The molecule has 23 heavy (non-hydrogen) atoms. The predicted molar refractivity (Wildman–Crippen MR) is 89.1 cm³/mol. The van der Waals surface area contributed by atoms with Crippen LogP contribution in [0.4, 0.5) is 11.4 Å². The van der Waals surface area contributed by atoms with Crippen molar-refractivity contribution in [1.29, 1.82) is 0 Å². The molecule has 1 amide bonds. The van der Waals surface area contributed by atoms with E-state index in [1.165, 1.54) is 12.1 Å². The third kappa shape index (κ3) is 5.78. The van der Waals surface area contributed by atoms with E-state index in [1.54, 1.807) is 12.1 Å². The number of nitro benzene ring substituents is 1. The fourth-order valence-corrected chi connectivity index (χ4v) is 2.07. The molecule has 0 aliphatic rings. The van der Waals surface area contributed by atoms with E-state index >= 15 is 0 Å². The summed E-state index contributed by atoms with van der Waals surface area (Å²) in [6.07, 6.45) is 1.13. The first kappa shape index (κ1) is 16.5. The highest BCUT2D eigenvalue weighted by atomic mass is 16.6. The number of non-ortho nitro benzene ring substituents is 1. The number of rotatable bonds is 8. The number of hydrogen-bond acceptors (Lipinski definition) is 4. The molecule has 0 fully saturated rings. The minimum Gasteiger partial charge on any atom is -0.385 e. The Morgan fingerprint density at radius 2 is 1.74 bits per heavy atom. The largest absolute Gasteiger partial charge is 0.385 e. The van der Waals surface area contributed by atoms with Crippen LogP contribution in [-0.2, 0) is 11.3 Å². The molecule has 0 unspecified atom stereocenters. The highest BCUT2D eigenvalue weighted by molar-refractivity contribution is 5.75. The smallest absolute Gasteiger partial charge is 0.269 e. The van der Waals surface area contributed by atoms with Gasteiger partial charge < -0.3 is 10.6 Å². The Balaban J connectivity index is 1.63. The molecule has 0 aromatic heterocycles. The maximum Gasteiger partial charge on any atom is 0.269 e. The van der Waals surface area contributed by atoms with Crippen molar-refractivity contribution in [3.63, 3.8) is 0 Å². The number of carbonyl (C=O) groups is 1. The summed E-state index contributed by atoms with van der Waals surface area (Å²) in [7, 11) is 0. The van der Waals surface area contributed by atoms with Gasteiger partial charge in [-0.3, -0.25) is 14.9 Å². The number of carbonyl (C=O) groups excluding carboxylic acids is 1. The quantitative estimate of drug-likeness (QED) is 0.445. The molecule has 2 aromatic carbocycles. The molecule has 0 saturated heterocycles. The lowest BCUT2D eigenvalue weighted by atomic mass is 10.2. The molecule has 0 heterocycles. The lowest BCUT2D eigenvalue weighted by Crippen LogP contribution is -2.23. The van der Waals surface area contributed by atoms with E-state index in [1.807, 2.05) is 30.3 Å². The van der Waals surface area contributed by atoms with Gasteiger partial charge in [0.2, 0.25) is 5.91 Å². The van der Waals surface area contributed by atoms with Gasteiger partial charge in [0, 0.05) is 37.3 Å². The highest BCUT2D eigenvalue weighted by Crippen LogP contribution is 2.15. The van der Waals surface area contributed by atoms with E-state index in [0.717, 1.165) is 11.3 Å². The van der Waals surface area contributed by atoms with Crippen molar-refractivity contribution in [2.24, 2.45) is 0 Å². The molecular formula is C17H19N3O3. The SMILES string of the molecule is O=C(CCCNc1ccc([N+](=O)[O-])cc1)NCc1ccccc1. The second-order valence-electron chi connectivity index (χ2n) is 5.10. The molecule has 6 nitrogen and oxygen atoms in total. The van der Waals surface area contributed by atoms with Gasteiger partial charge in [0.25, 0.3) is 5.69 Å². The molecular weight excluding hydrogens is 294 g/mol. The number of anilines is 1. The Kier molecular flexibility index (Phi) is 6.11. The molecule has 0 saturated carbocycles. The Labute approximate surface area is 134 Å². The zero-order valence-electron chi connectivity index (χ0n) is 12.7. The lowest BCUT2D eigenvalue weighted by molar-refractivity contribution is -0.384. The summed E-state index contributed by atoms with van der Waals surface area (Å²) in [4.78, 5) is 21.9. The predicted octanol–water partition coefficient (Wildman–Crippen LogP) is 3.10. The summed E-state index contributed by atoms with van der Waals surface area (Å²) in [5.74, 6) is 0.0133. The number of amides is 1. The number of hydrogen-bond donors (Lipinski definition) is 2. The highest BCUT2D eigenvalue weighted by Gasteiger charge is 2.04. The van der Waals surface area contributed by atoms with Crippen LogP contribution in [0.1, 0.15) is 18.4 Å². The minimum absolute atomic E-state index is 0.0133. The summed E-state index contributed by atoms with van der Waals surface area (Å²) in [6.45, 7) is 1.17. The van der Waals surface area contributed by atoms with Crippen molar-refractivity contribution in [3.05, 3.63) is 70.3 Å². The van der Waals surface area contributed by atoms with Crippen molar-refractivity contribution in [1.82, 2.24) is 5.32 Å². The van der Waals surface area contributed by atoms with E-state index in [9.17, 15) is 14.9 Å². The first-order valence-electron chi connectivity index (χ1n) is 7.44. The number of nitrogens with one attached hydrogen (secondary N) is 2. The van der Waals surface area contributed by atoms with Crippen LogP contribution in [0.2, 0.25) is 0 Å². The van der Waals surface area contributed by atoms with E-state index in [-0.39, 0.29) is 11.6 Å². The molecule has 0 radical (unpaired) electrons. The number of nitrogens with zero attached hydrogens (tertiary/aromatic N) is 1. The zero-order chi connectivity index (χ0) is 16.5. The van der Waals surface area contributed by atoms with Gasteiger partial charge in [-0.25, -0.2) is 0 Å². The van der Waals surface area contributed by atoms with Crippen molar-refractivity contribution in [2.75, 3.05) is 11.9 Å². The summed E-state index contributed by atoms with van der Waals surface area (Å²) in [5.41, 5.74) is 1.95. The van der Waals surface area contributed by atoms with Gasteiger partial charge in [0.05, 0.1) is 4.92 Å². The van der Waals surface area contributed by atoms with Crippen LogP contribution >= 0.6 is 0 Å². The van der Waals surface area contributed by atoms with Crippen LogP contribution in [-0.4, -0.2) is 17.4 Å². The first-order chi connectivity index (χ1) is 11.1. The van der Waals surface area contributed by atoms with Gasteiger partial charge in [0.1, 0.15) is 0 Å². The average Bonchev–Trinajstić information content (AvgIpc) is 2.58. The van der Waals surface area contributed by atoms with Gasteiger partial charge in [-0.1, -0.05) is 30.3 Å². The molecule has 0 aliphatic heterocycles. The van der Waals surface area contributed by atoms with E-state index in [2.05, 4.69) is 10.6 Å². The molecule has 120 valence electrons. The molecule has 2 rings (SSSR count). The second-order valence-corrected chi connectivity index (χ2v) is 5.10. The van der Waals surface area contributed by atoms with Crippen LogP contribution in [0.25, 0.3) is 0 Å². The molecule has 0 bridgehead atoms. The van der Waals surface area contributed by atoms with Gasteiger partial charge in [-0.2, -0.15) is 0 Å². The molecule has 2 aromatic rings. The van der Waals surface area contributed by atoms with E-state index < -0.39 is 4.92 Å². The molecule has 0 spiro atoms. The summed E-state index contributed by atoms with van der Waals surface area (Å²) < 4.78 is 0. The third-order valence-electron chi connectivity index (χ3n) is 3.32. The molecule has 0 aliphatic carbocycles. The Bertz CT molecular complexity index is 642. The van der Waals surface area contributed by atoms with Crippen LogP contribution in [0.15, 0.2) is 54.6 Å². The Morgan fingerprint density at radius 1 is 1.04 bits per heavy atom. The van der Waals surface area contributed by atoms with E-state index in [0.29, 0.717) is 25.9 Å². The standard InChI is InChI=1S/C17H19N3O3/c21-17(19-13-14-5-2-1-3-6-14)7-4-12-18-15-8-10-16(11-9-15)20(22)23/h1-3,5-6,8-11,18H,4,7,12-13H2,(H,19,21). The topological polar surface area (TPSA) is 84.3 Å². The van der Waals surface area contributed by atoms with Crippen molar-refractivity contribution in [2.45, 2.75) is 19.4 Å². The van der Waals surface area contributed by atoms with Crippen molar-refractivity contribution in [3.8, 4) is 0 Å². The van der Waals surface area contributed by atoms with Crippen LogP contribution in [0, 0.1) is 10.1 Å². The number of nitro groups is 1. The monoisotopic (exact) mass is 313 g/mol. The summed E-state index contributed by atoms with van der Waals surface area (Å²) in [6, 6.07) is 16.0. The molecule has 2 N–H and O–H groups in total.